The van der Waals surface area contributed by atoms with Crippen LogP contribution >= 0.6 is 15.9 Å². The van der Waals surface area contributed by atoms with Crippen molar-refractivity contribution in [3.05, 3.63) is 34.8 Å². The second-order valence-corrected chi connectivity index (χ2v) is 5.55. The molecule has 5 heteroatoms. The van der Waals surface area contributed by atoms with E-state index < -0.39 is 0 Å². The number of hydrogen-bond acceptors (Lipinski definition) is 3. The van der Waals surface area contributed by atoms with Crippen molar-refractivity contribution in [3.8, 4) is 23.6 Å². The summed E-state index contributed by atoms with van der Waals surface area (Å²) in [5.74, 6) is 2.98. The Labute approximate surface area is 124 Å². The third kappa shape index (κ3) is 2.35. The van der Waals surface area contributed by atoms with Gasteiger partial charge in [-0.2, -0.15) is 0 Å². The standard InChI is InChI=1S/C15H11BrN2O2/c1-2-10-6-14(19)18(9-10)15-8-13(17-20-15)11-4-3-5-12(16)7-11/h1,3-5,7-8,10H,6,9H2. The van der Waals surface area contributed by atoms with Crippen LogP contribution in [0.3, 0.4) is 0 Å². The smallest absolute Gasteiger partial charge is 0.234 e. The quantitative estimate of drug-likeness (QED) is 0.795. The van der Waals surface area contributed by atoms with Gasteiger partial charge in [-0.1, -0.05) is 33.2 Å². The van der Waals surface area contributed by atoms with Crippen LogP contribution in [0.4, 0.5) is 5.88 Å². The summed E-state index contributed by atoms with van der Waals surface area (Å²) < 4.78 is 6.24. The van der Waals surface area contributed by atoms with E-state index >= 15 is 0 Å². The second-order valence-electron chi connectivity index (χ2n) is 4.63. The SMILES string of the molecule is C#CC1CC(=O)N(c2cc(-c3cccc(Br)c3)no2)C1. The number of rotatable bonds is 2. The zero-order valence-electron chi connectivity index (χ0n) is 10.5. The molecule has 1 aromatic carbocycles. The molecule has 20 heavy (non-hydrogen) atoms. The first-order chi connectivity index (χ1) is 9.67. The van der Waals surface area contributed by atoms with Crippen molar-refractivity contribution in [1.29, 1.82) is 0 Å². The molecule has 4 nitrogen and oxygen atoms in total. The minimum atomic E-state index is -0.0538. The third-order valence-corrected chi connectivity index (χ3v) is 3.74. The lowest BCUT2D eigenvalue weighted by Gasteiger charge is -2.09. The highest BCUT2D eigenvalue weighted by molar-refractivity contribution is 9.10. The molecule has 0 bridgehead atoms. The van der Waals surface area contributed by atoms with Crippen LogP contribution in [0.1, 0.15) is 6.42 Å². The Morgan fingerprint density at radius 1 is 1.45 bits per heavy atom. The highest BCUT2D eigenvalue weighted by Crippen LogP contribution is 2.29. The molecule has 0 saturated carbocycles. The number of anilines is 1. The van der Waals surface area contributed by atoms with Crippen LogP contribution in [-0.2, 0) is 4.79 Å². The number of nitrogens with zero attached hydrogens (tertiary/aromatic N) is 2. The van der Waals surface area contributed by atoms with Crippen molar-refractivity contribution >= 4 is 27.7 Å². The largest absolute Gasteiger partial charge is 0.338 e. The molecule has 1 aliphatic heterocycles. The van der Waals surface area contributed by atoms with Gasteiger partial charge < -0.3 is 4.52 Å². The molecule has 3 rings (SSSR count). The zero-order valence-corrected chi connectivity index (χ0v) is 12.1. The molecule has 1 amide bonds. The number of hydrogen-bond donors (Lipinski definition) is 0. The number of halogens is 1. The minimum absolute atomic E-state index is 0.0232. The number of carbonyl (C=O) groups is 1. The molecule has 100 valence electrons. The van der Waals surface area contributed by atoms with Gasteiger partial charge in [-0.3, -0.25) is 9.69 Å². The van der Waals surface area contributed by atoms with Crippen LogP contribution in [0, 0.1) is 18.3 Å². The van der Waals surface area contributed by atoms with Crippen LogP contribution in [0.15, 0.2) is 39.3 Å². The van der Waals surface area contributed by atoms with E-state index in [0.29, 0.717) is 24.5 Å². The Hall–Kier alpha value is -2.06. The summed E-state index contributed by atoms with van der Waals surface area (Å²) >= 11 is 3.41. The molecule has 1 atom stereocenters. The Bertz CT molecular complexity index is 702. The van der Waals surface area contributed by atoms with Gasteiger partial charge in [0.25, 0.3) is 0 Å². The van der Waals surface area contributed by atoms with Gasteiger partial charge in [0.15, 0.2) is 0 Å². The Kier molecular flexibility index (Phi) is 3.33. The summed E-state index contributed by atoms with van der Waals surface area (Å²) in [4.78, 5) is 13.4. The molecule has 0 N–H and O–H groups in total. The van der Waals surface area contributed by atoms with Crippen LogP contribution in [0.5, 0.6) is 0 Å². The molecule has 2 aromatic rings. The van der Waals surface area contributed by atoms with E-state index in [4.69, 9.17) is 10.9 Å². The van der Waals surface area contributed by atoms with Gasteiger partial charge in [-0.25, -0.2) is 0 Å². The lowest BCUT2D eigenvalue weighted by Crippen LogP contribution is -2.23. The monoisotopic (exact) mass is 330 g/mol. The number of terminal acetylenes is 1. The van der Waals surface area contributed by atoms with Crippen molar-refractivity contribution in [2.45, 2.75) is 6.42 Å². The van der Waals surface area contributed by atoms with Crippen LogP contribution in [0.25, 0.3) is 11.3 Å². The Balaban J connectivity index is 1.88. The normalized spacial score (nSPS) is 18.3. The number of carbonyl (C=O) groups excluding carboxylic acids is 1. The van der Waals surface area contributed by atoms with E-state index in [1.807, 2.05) is 24.3 Å². The average molecular weight is 331 g/mol. The van der Waals surface area contributed by atoms with Gasteiger partial charge in [0.05, 0.1) is 0 Å². The summed E-state index contributed by atoms with van der Waals surface area (Å²) in [6, 6.07) is 9.49. The molecule has 0 radical (unpaired) electrons. The summed E-state index contributed by atoms with van der Waals surface area (Å²) in [7, 11) is 0. The number of benzene rings is 1. The number of amides is 1. The fraction of sp³-hybridized carbons (Fsp3) is 0.200. The van der Waals surface area contributed by atoms with Gasteiger partial charge in [-0.15, -0.1) is 12.3 Å². The average Bonchev–Trinajstić information content (AvgIpc) is 3.05. The van der Waals surface area contributed by atoms with Gasteiger partial charge in [-0.05, 0) is 12.1 Å². The summed E-state index contributed by atoms with van der Waals surface area (Å²) in [5, 5.41) is 4.02. The fourth-order valence-corrected chi connectivity index (χ4v) is 2.61. The minimum Gasteiger partial charge on any atom is -0.338 e. The molecule has 1 saturated heterocycles. The second kappa shape index (κ2) is 5.14. The zero-order chi connectivity index (χ0) is 14.1. The van der Waals surface area contributed by atoms with Crippen molar-refractivity contribution in [3.63, 3.8) is 0 Å². The van der Waals surface area contributed by atoms with Gasteiger partial charge >= 0.3 is 0 Å². The van der Waals surface area contributed by atoms with E-state index in [-0.39, 0.29) is 11.8 Å². The first-order valence-corrected chi connectivity index (χ1v) is 6.96. The summed E-state index contributed by atoms with van der Waals surface area (Å²) in [5.41, 5.74) is 1.62. The van der Waals surface area contributed by atoms with Crippen molar-refractivity contribution < 1.29 is 9.32 Å². The highest BCUT2D eigenvalue weighted by Gasteiger charge is 2.31. The molecule has 2 heterocycles. The maximum atomic E-state index is 11.9. The highest BCUT2D eigenvalue weighted by atomic mass is 79.9. The molecule has 0 aliphatic carbocycles. The molecule has 1 unspecified atom stereocenters. The Morgan fingerprint density at radius 3 is 3.00 bits per heavy atom. The van der Waals surface area contributed by atoms with Gasteiger partial charge in [0, 0.05) is 35.0 Å². The summed E-state index contributed by atoms with van der Waals surface area (Å²) in [6.07, 6.45) is 5.73. The lowest BCUT2D eigenvalue weighted by atomic mass is 10.1. The predicted molar refractivity (Wildman–Crippen MR) is 78.9 cm³/mol. The van der Waals surface area contributed by atoms with Crippen LogP contribution in [-0.4, -0.2) is 17.6 Å². The summed E-state index contributed by atoms with van der Waals surface area (Å²) in [6.45, 7) is 0.489. The van der Waals surface area contributed by atoms with E-state index in [0.717, 1.165) is 10.0 Å². The Morgan fingerprint density at radius 2 is 2.30 bits per heavy atom. The van der Waals surface area contributed by atoms with E-state index in [1.54, 1.807) is 11.0 Å². The van der Waals surface area contributed by atoms with E-state index in [9.17, 15) is 4.79 Å². The van der Waals surface area contributed by atoms with Crippen molar-refractivity contribution in [1.82, 2.24) is 5.16 Å². The van der Waals surface area contributed by atoms with Gasteiger partial charge in [0.2, 0.25) is 11.8 Å². The first-order valence-electron chi connectivity index (χ1n) is 6.16. The molecular formula is C15H11BrN2O2. The molecule has 0 spiro atoms. The maximum Gasteiger partial charge on any atom is 0.234 e. The fourth-order valence-electron chi connectivity index (χ4n) is 2.21. The molecular weight excluding hydrogens is 320 g/mol. The van der Waals surface area contributed by atoms with Crippen LogP contribution < -0.4 is 4.90 Å². The van der Waals surface area contributed by atoms with Crippen molar-refractivity contribution in [2.75, 3.05) is 11.4 Å². The van der Waals surface area contributed by atoms with E-state index in [2.05, 4.69) is 27.0 Å². The number of aromatic nitrogens is 1. The lowest BCUT2D eigenvalue weighted by molar-refractivity contribution is -0.117. The topological polar surface area (TPSA) is 46.3 Å². The maximum absolute atomic E-state index is 11.9. The molecule has 1 aromatic heterocycles. The van der Waals surface area contributed by atoms with Crippen LogP contribution in [0.2, 0.25) is 0 Å². The first kappa shape index (κ1) is 12.9. The van der Waals surface area contributed by atoms with Gasteiger partial charge in [0.1, 0.15) is 5.69 Å². The predicted octanol–water partition coefficient (Wildman–Crippen LogP) is 3.09. The van der Waals surface area contributed by atoms with E-state index in [1.165, 1.54) is 0 Å². The third-order valence-electron chi connectivity index (χ3n) is 3.24. The van der Waals surface area contributed by atoms with Crippen molar-refractivity contribution in [2.24, 2.45) is 5.92 Å². The molecule has 1 fully saturated rings. The molecule has 1 aliphatic rings.